The monoisotopic (exact) mass is 394 g/mol. The maximum absolute atomic E-state index is 12.1. The van der Waals surface area contributed by atoms with Crippen molar-refractivity contribution in [3.63, 3.8) is 0 Å². The zero-order valence-electron chi connectivity index (χ0n) is 15.1. The molecule has 4 N–H and O–H groups in total. The molecule has 26 heavy (non-hydrogen) atoms. The van der Waals surface area contributed by atoms with Crippen LogP contribution in [0, 0.1) is 6.92 Å². The van der Waals surface area contributed by atoms with E-state index in [1.807, 2.05) is 31.2 Å². The number of aryl methyl sites for hydroxylation is 1. The lowest BCUT2D eigenvalue weighted by atomic mass is 10.2. The van der Waals surface area contributed by atoms with Gasteiger partial charge in [-0.15, -0.1) is 11.8 Å². The van der Waals surface area contributed by atoms with Crippen LogP contribution < -0.4 is 21.5 Å². The minimum Gasteiger partial charge on any atom is -0.359 e. The number of hydrogen-bond acceptors (Lipinski definition) is 4. The van der Waals surface area contributed by atoms with Crippen LogP contribution in [0.3, 0.4) is 0 Å². The highest BCUT2D eigenvalue weighted by Gasteiger charge is 2.18. The molecule has 0 radical (unpaired) electrons. The first kappa shape index (κ1) is 20.5. The summed E-state index contributed by atoms with van der Waals surface area (Å²) in [6.45, 7) is 3.75. The molecule has 2 amide bonds. The second-order valence-electron chi connectivity index (χ2n) is 6.44. The van der Waals surface area contributed by atoms with Crippen molar-refractivity contribution in [2.45, 2.75) is 50.8 Å². The van der Waals surface area contributed by atoms with Gasteiger partial charge in [0.25, 0.3) is 5.91 Å². The van der Waals surface area contributed by atoms with Gasteiger partial charge in [0, 0.05) is 11.7 Å². The zero-order chi connectivity index (χ0) is 18.9. The number of nitrogens with one attached hydrogen (secondary N) is 4. The highest BCUT2D eigenvalue weighted by Crippen LogP contribution is 2.17. The third-order valence-corrected chi connectivity index (χ3v) is 5.52. The molecule has 0 aromatic heterocycles. The van der Waals surface area contributed by atoms with E-state index in [2.05, 4.69) is 21.5 Å². The van der Waals surface area contributed by atoms with Crippen molar-refractivity contribution in [3.05, 3.63) is 29.8 Å². The molecule has 0 unspecified atom stereocenters. The number of hydrazine groups is 1. The van der Waals surface area contributed by atoms with Gasteiger partial charge in [0.2, 0.25) is 5.91 Å². The van der Waals surface area contributed by atoms with Crippen LogP contribution in [0.1, 0.15) is 38.2 Å². The Bertz CT molecular complexity index is 631. The number of thioether (sulfide) groups is 1. The summed E-state index contributed by atoms with van der Waals surface area (Å²) in [7, 11) is 0. The molecule has 1 saturated carbocycles. The average Bonchev–Trinajstić information content (AvgIpc) is 3.12. The number of hydrogen-bond donors (Lipinski definition) is 4. The molecule has 6 nitrogen and oxygen atoms in total. The summed E-state index contributed by atoms with van der Waals surface area (Å²) < 4.78 is 0. The third kappa shape index (κ3) is 7.21. The summed E-state index contributed by atoms with van der Waals surface area (Å²) in [5, 5.41) is 6.06. The first-order valence-corrected chi connectivity index (χ1v) is 10.2. The van der Waals surface area contributed by atoms with Crippen molar-refractivity contribution < 1.29 is 9.59 Å². The highest BCUT2D eigenvalue weighted by molar-refractivity contribution is 8.01. The fourth-order valence-corrected chi connectivity index (χ4v) is 3.52. The van der Waals surface area contributed by atoms with Gasteiger partial charge in [-0.25, -0.2) is 0 Å². The van der Waals surface area contributed by atoms with E-state index in [0.29, 0.717) is 11.2 Å². The number of rotatable bonds is 6. The fraction of sp³-hybridized carbons (Fsp3) is 0.500. The molecule has 1 atom stereocenters. The molecule has 0 heterocycles. The van der Waals surface area contributed by atoms with Crippen molar-refractivity contribution >= 4 is 46.6 Å². The number of anilines is 1. The summed E-state index contributed by atoms with van der Waals surface area (Å²) in [4.78, 5) is 24.1. The topological polar surface area (TPSA) is 82.3 Å². The predicted molar refractivity (Wildman–Crippen MR) is 111 cm³/mol. The molecular weight excluding hydrogens is 368 g/mol. The Labute approximate surface area is 164 Å². The number of thiocarbonyl (C=S) groups is 1. The molecular formula is C18H26N4O2S2. The van der Waals surface area contributed by atoms with Crippen LogP contribution in [0.5, 0.6) is 0 Å². The van der Waals surface area contributed by atoms with Crippen LogP contribution in [0.15, 0.2) is 24.3 Å². The molecule has 8 heteroatoms. The molecule has 1 aromatic rings. The second-order valence-corrected chi connectivity index (χ2v) is 8.17. The first-order chi connectivity index (χ1) is 12.4. The number of benzene rings is 1. The maximum Gasteiger partial charge on any atom is 0.251 e. The van der Waals surface area contributed by atoms with E-state index in [4.69, 9.17) is 12.2 Å². The lowest BCUT2D eigenvalue weighted by Crippen LogP contribution is -2.51. The standard InChI is InChI=1S/C18H26N4O2S2/c1-12-7-9-15(10-8-12)19-16(23)11-26-13(2)17(24)21-22-18(25)20-14-5-3-4-6-14/h7-10,13-14H,3-6,11H2,1-2H3,(H,19,23)(H,21,24)(H2,20,22,25)/t13-/m1/s1. The van der Waals surface area contributed by atoms with E-state index in [1.165, 1.54) is 24.6 Å². The summed E-state index contributed by atoms with van der Waals surface area (Å²) in [6.07, 6.45) is 4.65. The Balaban J connectivity index is 1.63. The quantitative estimate of drug-likeness (QED) is 0.438. The fourth-order valence-electron chi connectivity index (χ4n) is 2.62. The van der Waals surface area contributed by atoms with E-state index >= 15 is 0 Å². The Kier molecular flexibility index (Phi) is 8.18. The van der Waals surface area contributed by atoms with Gasteiger partial charge in [-0.2, -0.15) is 0 Å². The average molecular weight is 395 g/mol. The largest absolute Gasteiger partial charge is 0.359 e. The van der Waals surface area contributed by atoms with Crippen LogP contribution in [-0.2, 0) is 9.59 Å². The minimum absolute atomic E-state index is 0.134. The summed E-state index contributed by atoms with van der Waals surface area (Å²) >= 11 is 6.45. The van der Waals surface area contributed by atoms with E-state index in [1.54, 1.807) is 6.92 Å². The lowest BCUT2D eigenvalue weighted by Gasteiger charge is -2.17. The van der Waals surface area contributed by atoms with Gasteiger partial charge < -0.3 is 10.6 Å². The van der Waals surface area contributed by atoms with Crippen LogP contribution in [0.4, 0.5) is 5.69 Å². The number of amides is 2. The van der Waals surface area contributed by atoms with Crippen molar-refractivity contribution in [1.82, 2.24) is 16.2 Å². The lowest BCUT2D eigenvalue weighted by molar-refractivity contribution is -0.120. The molecule has 0 bridgehead atoms. The molecule has 1 fully saturated rings. The summed E-state index contributed by atoms with van der Waals surface area (Å²) in [6, 6.07) is 7.98. The van der Waals surface area contributed by atoms with E-state index in [0.717, 1.165) is 24.1 Å². The van der Waals surface area contributed by atoms with Crippen molar-refractivity contribution in [3.8, 4) is 0 Å². The Hall–Kier alpha value is -1.80. The van der Waals surface area contributed by atoms with Crippen LogP contribution in [0.2, 0.25) is 0 Å². The van der Waals surface area contributed by atoms with E-state index < -0.39 is 0 Å². The minimum atomic E-state index is -0.374. The van der Waals surface area contributed by atoms with Crippen molar-refractivity contribution in [2.75, 3.05) is 11.1 Å². The SMILES string of the molecule is Cc1ccc(NC(=O)CS[C@H](C)C(=O)NNC(=S)NC2CCCC2)cc1. The van der Waals surface area contributed by atoms with Gasteiger partial charge in [-0.1, -0.05) is 30.5 Å². The molecule has 142 valence electrons. The van der Waals surface area contributed by atoms with Gasteiger partial charge in [0.05, 0.1) is 11.0 Å². The molecule has 1 aliphatic rings. The molecule has 0 aliphatic heterocycles. The normalized spacial score (nSPS) is 15.2. The number of carbonyl (C=O) groups is 2. The van der Waals surface area contributed by atoms with Gasteiger partial charge in [-0.05, 0) is 51.0 Å². The van der Waals surface area contributed by atoms with Crippen LogP contribution in [0.25, 0.3) is 0 Å². The molecule has 1 aliphatic carbocycles. The third-order valence-electron chi connectivity index (χ3n) is 4.16. The van der Waals surface area contributed by atoms with Gasteiger partial charge in [-0.3, -0.25) is 20.4 Å². The van der Waals surface area contributed by atoms with Crippen molar-refractivity contribution in [1.29, 1.82) is 0 Å². The number of carbonyl (C=O) groups excluding carboxylic acids is 2. The second kappa shape index (κ2) is 10.4. The van der Waals surface area contributed by atoms with Crippen molar-refractivity contribution in [2.24, 2.45) is 0 Å². The Morgan fingerprint density at radius 1 is 1.19 bits per heavy atom. The smallest absolute Gasteiger partial charge is 0.251 e. The van der Waals surface area contributed by atoms with Crippen LogP contribution in [-0.4, -0.2) is 34.0 Å². The van der Waals surface area contributed by atoms with Crippen LogP contribution >= 0.6 is 24.0 Å². The highest BCUT2D eigenvalue weighted by atomic mass is 32.2. The molecule has 0 spiro atoms. The van der Waals surface area contributed by atoms with E-state index in [-0.39, 0.29) is 22.8 Å². The molecule has 2 rings (SSSR count). The van der Waals surface area contributed by atoms with Gasteiger partial charge in [0.1, 0.15) is 0 Å². The summed E-state index contributed by atoms with van der Waals surface area (Å²) in [5.74, 6) is -0.147. The molecule has 0 saturated heterocycles. The molecule has 1 aromatic carbocycles. The van der Waals surface area contributed by atoms with E-state index in [9.17, 15) is 9.59 Å². The summed E-state index contributed by atoms with van der Waals surface area (Å²) in [5.41, 5.74) is 7.21. The zero-order valence-corrected chi connectivity index (χ0v) is 16.8. The maximum atomic E-state index is 12.1. The predicted octanol–water partition coefficient (Wildman–Crippen LogP) is 2.49. The van der Waals surface area contributed by atoms with Gasteiger partial charge >= 0.3 is 0 Å². The first-order valence-electron chi connectivity index (χ1n) is 8.78. The Morgan fingerprint density at radius 2 is 1.85 bits per heavy atom. The Morgan fingerprint density at radius 3 is 2.50 bits per heavy atom. The van der Waals surface area contributed by atoms with Gasteiger partial charge in [0.15, 0.2) is 5.11 Å².